The van der Waals surface area contributed by atoms with Gasteiger partial charge in [-0.25, -0.2) is 0 Å². The molecule has 1 aromatic rings. The molecule has 2 atom stereocenters. The van der Waals surface area contributed by atoms with Crippen molar-refractivity contribution < 1.29 is 0 Å². The van der Waals surface area contributed by atoms with Crippen LogP contribution in [0.3, 0.4) is 0 Å². The summed E-state index contributed by atoms with van der Waals surface area (Å²) in [4.78, 5) is 2.29. The highest BCUT2D eigenvalue weighted by Crippen LogP contribution is 2.27. The summed E-state index contributed by atoms with van der Waals surface area (Å²) < 4.78 is 0. The van der Waals surface area contributed by atoms with E-state index in [2.05, 4.69) is 58.0 Å². The number of hydrogen-bond donors (Lipinski definition) is 1. The molecule has 0 aliphatic carbocycles. The molecular weight excluding hydrogens is 208 g/mol. The molecular formula is C15H26N2. The van der Waals surface area contributed by atoms with E-state index in [1.54, 1.807) is 0 Å². The minimum absolute atomic E-state index is 0.466. The van der Waals surface area contributed by atoms with E-state index >= 15 is 0 Å². The van der Waals surface area contributed by atoms with Crippen molar-refractivity contribution in [2.75, 3.05) is 20.6 Å². The monoisotopic (exact) mass is 234 g/mol. The lowest BCUT2D eigenvalue weighted by atomic mass is 9.93. The van der Waals surface area contributed by atoms with Gasteiger partial charge in [0, 0.05) is 6.04 Å². The van der Waals surface area contributed by atoms with Crippen LogP contribution in [0, 0.1) is 19.8 Å². The first-order valence-corrected chi connectivity index (χ1v) is 6.39. The van der Waals surface area contributed by atoms with Crippen molar-refractivity contribution in [3.8, 4) is 0 Å². The molecule has 2 heteroatoms. The van der Waals surface area contributed by atoms with E-state index in [0.717, 1.165) is 13.0 Å². The van der Waals surface area contributed by atoms with Crippen LogP contribution in [0.2, 0.25) is 0 Å². The van der Waals surface area contributed by atoms with Crippen LogP contribution in [0.5, 0.6) is 0 Å². The topological polar surface area (TPSA) is 29.3 Å². The van der Waals surface area contributed by atoms with E-state index < -0.39 is 0 Å². The number of benzene rings is 1. The standard InChI is InChI=1S/C15H26N2/c1-11(10-16)8-15(17(4)5)14-7-6-12(2)13(3)9-14/h6-7,9,11,15H,8,10,16H2,1-5H3. The fourth-order valence-corrected chi connectivity index (χ4v) is 2.09. The summed E-state index contributed by atoms with van der Waals surface area (Å²) in [7, 11) is 4.28. The zero-order valence-electron chi connectivity index (χ0n) is 11.8. The Labute approximate surface area is 106 Å². The van der Waals surface area contributed by atoms with Gasteiger partial charge in [0.05, 0.1) is 0 Å². The summed E-state index contributed by atoms with van der Waals surface area (Å²) in [6.45, 7) is 7.32. The Kier molecular flexibility index (Phi) is 5.16. The zero-order chi connectivity index (χ0) is 13.0. The molecule has 0 saturated heterocycles. The summed E-state index contributed by atoms with van der Waals surface area (Å²) in [6, 6.07) is 7.24. The second kappa shape index (κ2) is 6.18. The maximum atomic E-state index is 5.73. The third kappa shape index (κ3) is 3.83. The van der Waals surface area contributed by atoms with Crippen molar-refractivity contribution in [1.82, 2.24) is 4.90 Å². The van der Waals surface area contributed by atoms with Crippen LogP contribution in [0.15, 0.2) is 18.2 Å². The molecule has 1 rings (SSSR count). The van der Waals surface area contributed by atoms with Gasteiger partial charge < -0.3 is 10.6 Å². The lowest BCUT2D eigenvalue weighted by Crippen LogP contribution is -2.24. The Balaban J connectivity index is 2.93. The lowest BCUT2D eigenvalue weighted by Gasteiger charge is -2.27. The third-order valence-electron chi connectivity index (χ3n) is 3.57. The van der Waals surface area contributed by atoms with Gasteiger partial charge in [0.25, 0.3) is 0 Å². The second-order valence-corrected chi connectivity index (χ2v) is 5.40. The summed E-state index contributed by atoms with van der Waals surface area (Å²) in [5.74, 6) is 0.559. The van der Waals surface area contributed by atoms with E-state index in [1.807, 2.05) is 0 Å². The molecule has 17 heavy (non-hydrogen) atoms. The molecule has 0 aromatic heterocycles. The molecule has 0 spiro atoms. The Morgan fingerprint density at radius 2 is 1.82 bits per heavy atom. The highest BCUT2D eigenvalue weighted by atomic mass is 15.1. The zero-order valence-corrected chi connectivity index (χ0v) is 11.8. The molecule has 0 saturated carbocycles. The largest absolute Gasteiger partial charge is 0.330 e. The van der Waals surface area contributed by atoms with E-state index in [9.17, 15) is 0 Å². The van der Waals surface area contributed by atoms with Crippen molar-refractivity contribution in [3.05, 3.63) is 34.9 Å². The van der Waals surface area contributed by atoms with E-state index in [-0.39, 0.29) is 0 Å². The van der Waals surface area contributed by atoms with Crippen LogP contribution in [0.1, 0.15) is 36.1 Å². The van der Waals surface area contributed by atoms with Gasteiger partial charge in [0.1, 0.15) is 0 Å². The van der Waals surface area contributed by atoms with Crippen LogP contribution >= 0.6 is 0 Å². The number of nitrogens with zero attached hydrogens (tertiary/aromatic N) is 1. The van der Waals surface area contributed by atoms with Gasteiger partial charge in [0.2, 0.25) is 0 Å². The normalized spacial score (nSPS) is 15.0. The van der Waals surface area contributed by atoms with E-state index in [1.165, 1.54) is 16.7 Å². The predicted octanol–water partition coefficient (Wildman–Crippen LogP) is 2.89. The molecule has 0 bridgehead atoms. The second-order valence-electron chi connectivity index (χ2n) is 5.40. The smallest absolute Gasteiger partial charge is 0.0345 e. The van der Waals surface area contributed by atoms with E-state index in [0.29, 0.717) is 12.0 Å². The lowest BCUT2D eigenvalue weighted by molar-refractivity contribution is 0.255. The first kappa shape index (κ1) is 14.2. The van der Waals surface area contributed by atoms with Crippen molar-refractivity contribution >= 4 is 0 Å². The number of aryl methyl sites for hydroxylation is 2. The van der Waals surface area contributed by atoms with Gasteiger partial charge in [-0.3, -0.25) is 0 Å². The van der Waals surface area contributed by atoms with Crippen LogP contribution in [-0.4, -0.2) is 25.5 Å². The maximum absolute atomic E-state index is 5.73. The van der Waals surface area contributed by atoms with Crippen LogP contribution in [0.25, 0.3) is 0 Å². The molecule has 2 unspecified atom stereocenters. The highest BCUT2D eigenvalue weighted by Gasteiger charge is 2.17. The molecule has 0 amide bonds. The summed E-state index contributed by atoms with van der Waals surface area (Å²) in [5.41, 5.74) is 9.86. The average Bonchev–Trinajstić information content (AvgIpc) is 2.29. The molecule has 0 aliphatic heterocycles. The summed E-state index contributed by atoms with van der Waals surface area (Å²) in [6.07, 6.45) is 1.12. The fraction of sp³-hybridized carbons (Fsp3) is 0.600. The molecule has 1 aromatic carbocycles. The van der Waals surface area contributed by atoms with Crippen molar-refractivity contribution in [3.63, 3.8) is 0 Å². The van der Waals surface area contributed by atoms with Crippen molar-refractivity contribution in [1.29, 1.82) is 0 Å². The molecule has 0 heterocycles. The third-order valence-corrected chi connectivity index (χ3v) is 3.57. The van der Waals surface area contributed by atoms with Gasteiger partial charge in [-0.15, -0.1) is 0 Å². The summed E-state index contributed by atoms with van der Waals surface area (Å²) >= 11 is 0. The van der Waals surface area contributed by atoms with Crippen molar-refractivity contribution in [2.24, 2.45) is 11.7 Å². The van der Waals surface area contributed by atoms with Crippen molar-refractivity contribution in [2.45, 2.75) is 33.2 Å². The molecule has 0 aliphatic rings. The fourth-order valence-electron chi connectivity index (χ4n) is 2.09. The summed E-state index contributed by atoms with van der Waals surface area (Å²) in [5, 5.41) is 0. The Bertz CT molecular complexity index is 358. The number of nitrogens with two attached hydrogens (primary N) is 1. The van der Waals surface area contributed by atoms with Crippen LogP contribution < -0.4 is 5.73 Å². The Morgan fingerprint density at radius 1 is 1.18 bits per heavy atom. The molecule has 2 N–H and O–H groups in total. The number of hydrogen-bond acceptors (Lipinski definition) is 2. The van der Waals surface area contributed by atoms with Gasteiger partial charge in [-0.1, -0.05) is 25.1 Å². The average molecular weight is 234 g/mol. The van der Waals surface area contributed by atoms with Crippen LogP contribution in [0.4, 0.5) is 0 Å². The first-order chi connectivity index (χ1) is 7.95. The Hall–Kier alpha value is -0.860. The molecule has 96 valence electrons. The quantitative estimate of drug-likeness (QED) is 0.849. The maximum Gasteiger partial charge on any atom is 0.0345 e. The molecule has 2 nitrogen and oxygen atoms in total. The first-order valence-electron chi connectivity index (χ1n) is 6.39. The van der Waals surface area contributed by atoms with Gasteiger partial charge in [-0.05, 0) is 63.5 Å². The predicted molar refractivity (Wildman–Crippen MR) is 75.2 cm³/mol. The van der Waals surface area contributed by atoms with Crippen LogP contribution in [-0.2, 0) is 0 Å². The van der Waals surface area contributed by atoms with Gasteiger partial charge in [-0.2, -0.15) is 0 Å². The highest BCUT2D eigenvalue weighted by molar-refractivity contribution is 5.31. The van der Waals surface area contributed by atoms with E-state index in [4.69, 9.17) is 5.73 Å². The Morgan fingerprint density at radius 3 is 2.29 bits per heavy atom. The van der Waals surface area contributed by atoms with Gasteiger partial charge >= 0.3 is 0 Å². The molecule has 0 radical (unpaired) electrons. The minimum Gasteiger partial charge on any atom is -0.330 e. The van der Waals surface area contributed by atoms with Gasteiger partial charge in [0.15, 0.2) is 0 Å². The SMILES string of the molecule is Cc1ccc(C(CC(C)CN)N(C)C)cc1C. The number of rotatable bonds is 5. The molecule has 0 fully saturated rings. The minimum atomic E-state index is 0.466.